The van der Waals surface area contributed by atoms with Crippen molar-refractivity contribution < 1.29 is 24.4 Å². The molecular weight excluding hydrogens is 392 g/mol. The van der Waals surface area contributed by atoms with Crippen LogP contribution in [0.1, 0.15) is 42.6 Å². The summed E-state index contributed by atoms with van der Waals surface area (Å²) in [4.78, 5) is 0. The fourth-order valence-electron chi connectivity index (χ4n) is 3.92. The second-order valence-electron chi connectivity index (χ2n) is 7.90. The van der Waals surface area contributed by atoms with Crippen LogP contribution in [0, 0.1) is 0 Å². The highest BCUT2D eigenvalue weighted by molar-refractivity contribution is 6.31. The Morgan fingerprint density at radius 1 is 1.14 bits per heavy atom. The fraction of sp³-hybridized carbons (Fsp3) is 0.478. The summed E-state index contributed by atoms with van der Waals surface area (Å²) < 4.78 is 17.2. The fourth-order valence-corrected chi connectivity index (χ4v) is 4.10. The highest BCUT2D eigenvalue weighted by atomic mass is 35.5. The van der Waals surface area contributed by atoms with Gasteiger partial charge in [-0.25, -0.2) is 0 Å². The predicted molar refractivity (Wildman–Crippen MR) is 110 cm³/mol. The Morgan fingerprint density at radius 2 is 1.93 bits per heavy atom. The van der Waals surface area contributed by atoms with Crippen LogP contribution in [0.15, 0.2) is 42.5 Å². The lowest BCUT2D eigenvalue weighted by Gasteiger charge is -2.35. The summed E-state index contributed by atoms with van der Waals surface area (Å²) in [6.45, 7) is 3.19. The average molecular weight is 419 g/mol. The Hall–Kier alpha value is -1.63. The Balaban J connectivity index is 1.45. The number of rotatable bonds is 5. The molecule has 2 saturated heterocycles. The molecule has 29 heavy (non-hydrogen) atoms. The lowest BCUT2D eigenvalue weighted by atomic mass is 9.93. The van der Waals surface area contributed by atoms with E-state index < -0.39 is 18.3 Å². The van der Waals surface area contributed by atoms with E-state index in [4.69, 9.17) is 25.8 Å². The summed E-state index contributed by atoms with van der Waals surface area (Å²) in [5, 5.41) is 20.7. The molecule has 0 saturated carbocycles. The van der Waals surface area contributed by atoms with Crippen LogP contribution in [0.3, 0.4) is 0 Å². The third kappa shape index (κ3) is 4.93. The number of halogens is 1. The van der Waals surface area contributed by atoms with Crippen LogP contribution in [-0.2, 0) is 15.9 Å². The van der Waals surface area contributed by atoms with Crippen LogP contribution in [0.25, 0.3) is 0 Å². The lowest BCUT2D eigenvalue weighted by molar-refractivity contribution is -0.163. The van der Waals surface area contributed by atoms with Crippen LogP contribution in [-0.4, -0.2) is 47.8 Å². The molecule has 0 aliphatic carbocycles. The van der Waals surface area contributed by atoms with Gasteiger partial charge in [-0.05, 0) is 48.2 Å². The maximum Gasteiger partial charge on any atom is 0.124 e. The highest BCUT2D eigenvalue weighted by Gasteiger charge is 2.34. The van der Waals surface area contributed by atoms with E-state index in [1.807, 2.05) is 42.5 Å². The van der Waals surface area contributed by atoms with Gasteiger partial charge in [-0.3, -0.25) is 0 Å². The molecular formula is C23H27ClO5. The van der Waals surface area contributed by atoms with E-state index in [1.54, 1.807) is 6.92 Å². The molecule has 2 fully saturated rings. The van der Waals surface area contributed by atoms with E-state index >= 15 is 0 Å². The molecule has 2 N–H and O–H groups in total. The van der Waals surface area contributed by atoms with Crippen molar-refractivity contribution in [1.82, 2.24) is 0 Å². The Labute approximate surface area is 176 Å². The molecule has 2 heterocycles. The first-order chi connectivity index (χ1) is 14.0. The zero-order valence-electron chi connectivity index (χ0n) is 16.5. The predicted octanol–water partition coefficient (Wildman–Crippen LogP) is 3.67. The smallest absolute Gasteiger partial charge is 0.124 e. The molecule has 5 nitrogen and oxygen atoms in total. The number of benzene rings is 2. The van der Waals surface area contributed by atoms with E-state index in [1.165, 1.54) is 0 Å². The van der Waals surface area contributed by atoms with E-state index in [2.05, 4.69) is 0 Å². The van der Waals surface area contributed by atoms with Gasteiger partial charge < -0.3 is 24.4 Å². The Kier molecular flexibility index (Phi) is 6.42. The molecule has 0 aromatic heterocycles. The first kappa shape index (κ1) is 20.6. The molecule has 2 aliphatic heterocycles. The number of hydrogen-bond donors (Lipinski definition) is 2. The van der Waals surface area contributed by atoms with Gasteiger partial charge in [0.25, 0.3) is 0 Å². The summed E-state index contributed by atoms with van der Waals surface area (Å²) >= 11 is 6.44. The summed E-state index contributed by atoms with van der Waals surface area (Å²) in [6, 6.07) is 13.9. The van der Waals surface area contributed by atoms with Crippen LogP contribution < -0.4 is 4.74 Å². The highest BCUT2D eigenvalue weighted by Crippen LogP contribution is 2.34. The van der Waals surface area contributed by atoms with Crippen molar-refractivity contribution in [1.29, 1.82) is 0 Å². The second kappa shape index (κ2) is 9.02. The topological polar surface area (TPSA) is 68.2 Å². The van der Waals surface area contributed by atoms with Crippen molar-refractivity contribution in [2.45, 2.75) is 56.7 Å². The van der Waals surface area contributed by atoms with E-state index in [9.17, 15) is 10.2 Å². The number of hydrogen-bond acceptors (Lipinski definition) is 5. The molecule has 156 valence electrons. The molecule has 0 amide bonds. The quantitative estimate of drug-likeness (QED) is 0.775. The van der Waals surface area contributed by atoms with Gasteiger partial charge in [-0.1, -0.05) is 35.9 Å². The zero-order chi connectivity index (χ0) is 20.4. The summed E-state index contributed by atoms with van der Waals surface area (Å²) in [5.74, 6) is 0.848. The van der Waals surface area contributed by atoms with Crippen molar-refractivity contribution in [3.8, 4) is 5.75 Å². The van der Waals surface area contributed by atoms with Crippen LogP contribution in [0.5, 0.6) is 5.75 Å². The van der Waals surface area contributed by atoms with E-state index in [-0.39, 0.29) is 12.2 Å². The van der Waals surface area contributed by atoms with Gasteiger partial charge in [0.1, 0.15) is 18.0 Å². The molecule has 0 radical (unpaired) electrons. The first-order valence-corrected chi connectivity index (χ1v) is 10.5. The summed E-state index contributed by atoms with van der Waals surface area (Å²) in [5.41, 5.74) is 3.09. The van der Waals surface area contributed by atoms with E-state index in [0.717, 1.165) is 35.5 Å². The third-order valence-corrected chi connectivity index (χ3v) is 6.03. The molecule has 0 bridgehead atoms. The molecule has 3 unspecified atom stereocenters. The van der Waals surface area contributed by atoms with Crippen molar-refractivity contribution in [3.63, 3.8) is 0 Å². The molecule has 4 rings (SSSR count). The minimum Gasteiger partial charge on any atom is -0.488 e. The minimum absolute atomic E-state index is 0.138. The number of aliphatic hydroxyl groups excluding tert-OH is 2. The Bertz CT molecular complexity index is 807. The maximum absolute atomic E-state index is 10.1. The summed E-state index contributed by atoms with van der Waals surface area (Å²) in [7, 11) is 0. The number of ether oxygens (including phenoxy) is 3. The van der Waals surface area contributed by atoms with Crippen molar-refractivity contribution in [2.75, 3.05) is 13.2 Å². The normalized spacial score (nSPS) is 29.7. The van der Waals surface area contributed by atoms with Gasteiger partial charge >= 0.3 is 0 Å². The zero-order valence-corrected chi connectivity index (χ0v) is 17.2. The minimum atomic E-state index is -0.852. The standard InChI is InChI=1S/C23H27ClO5/c1-14-23(26)21(25)12-22(28-14)16-4-7-20(24)17(11-16)10-15-2-5-18(6-3-15)29-19-8-9-27-13-19/h2-7,11,14,19,21-23,25-26H,8-10,12-13H2,1H3/t14?,19-,21?,22?,23-/m0/s1. The van der Waals surface area contributed by atoms with Gasteiger partial charge in [0.2, 0.25) is 0 Å². The van der Waals surface area contributed by atoms with Gasteiger partial charge in [-0.15, -0.1) is 0 Å². The van der Waals surface area contributed by atoms with Crippen LogP contribution in [0.2, 0.25) is 5.02 Å². The lowest BCUT2D eigenvalue weighted by Crippen LogP contribution is -2.43. The average Bonchev–Trinajstić information content (AvgIpc) is 3.22. The molecule has 0 spiro atoms. The summed E-state index contributed by atoms with van der Waals surface area (Å²) in [6.07, 6.45) is -0.202. The van der Waals surface area contributed by atoms with Crippen molar-refractivity contribution >= 4 is 11.6 Å². The molecule has 5 atom stereocenters. The Morgan fingerprint density at radius 3 is 2.62 bits per heavy atom. The van der Waals surface area contributed by atoms with Crippen LogP contribution in [0.4, 0.5) is 0 Å². The first-order valence-electron chi connectivity index (χ1n) is 10.1. The number of aliphatic hydroxyl groups is 2. The molecule has 2 aromatic rings. The second-order valence-corrected chi connectivity index (χ2v) is 8.31. The molecule has 2 aliphatic rings. The monoisotopic (exact) mass is 418 g/mol. The van der Waals surface area contributed by atoms with Crippen molar-refractivity contribution in [3.05, 3.63) is 64.2 Å². The van der Waals surface area contributed by atoms with Gasteiger partial charge in [-0.2, -0.15) is 0 Å². The molecule has 6 heteroatoms. The maximum atomic E-state index is 10.1. The SMILES string of the molecule is CC1OC(c2ccc(Cl)c(Cc3ccc(O[C@H]4CCOC4)cc3)c2)CC(O)[C@H]1O. The van der Waals surface area contributed by atoms with E-state index in [0.29, 0.717) is 24.5 Å². The molecule has 2 aromatic carbocycles. The van der Waals surface area contributed by atoms with Gasteiger partial charge in [0.15, 0.2) is 0 Å². The van der Waals surface area contributed by atoms with Gasteiger partial charge in [0.05, 0.1) is 31.5 Å². The van der Waals surface area contributed by atoms with Gasteiger partial charge in [0, 0.05) is 17.9 Å². The van der Waals surface area contributed by atoms with Crippen molar-refractivity contribution in [2.24, 2.45) is 0 Å². The van der Waals surface area contributed by atoms with Crippen LogP contribution >= 0.6 is 11.6 Å². The third-order valence-electron chi connectivity index (χ3n) is 5.66. The largest absolute Gasteiger partial charge is 0.488 e.